The van der Waals surface area contributed by atoms with Gasteiger partial charge in [0, 0.05) is 18.3 Å². The Labute approximate surface area is 145 Å². The lowest BCUT2D eigenvalue weighted by Crippen LogP contribution is -2.27. The van der Waals surface area contributed by atoms with Gasteiger partial charge in [-0.15, -0.1) is 11.3 Å². The monoisotopic (exact) mass is 347 g/mol. The molecule has 2 N–H and O–H groups in total. The molecule has 1 unspecified atom stereocenters. The number of nitrogens with zero attached hydrogens (tertiary/aromatic N) is 1. The normalized spacial score (nSPS) is 17.1. The van der Waals surface area contributed by atoms with Gasteiger partial charge in [0.2, 0.25) is 5.91 Å². The van der Waals surface area contributed by atoms with Gasteiger partial charge < -0.3 is 10.6 Å². The Balaban J connectivity index is 1.43. The van der Waals surface area contributed by atoms with Crippen LogP contribution in [0.2, 0.25) is 0 Å². The highest BCUT2D eigenvalue weighted by molar-refractivity contribution is 7.09. The Hall–Kier alpha value is -1.79. The summed E-state index contributed by atoms with van der Waals surface area (Å²) >= 11 is 1.54. The third-order valence-electron chi connectivity index (χ3n) is 4.25. The highest BCUT2D eigenvalue weighted by atomic mass is 32.1. The van der Waals surface area contributed by atoms with Gasteiger partial charge in [-0.1, -0.05) is 12.1 Å². The minimum Gasteiger partial charge on any atom is -0.356 e. The van der Waals surface area contributed by atoms with Gasteiger partial charge in [0.05, 0.1) is 17.1 Å². The van der Waals surface area contributed by atoms with Crippen LogP contribution in [-0.4, -0.2) is 30.5 Å². The molecule has 0 aliphatic carbocycles. The van der Waals surface area contributed by atoms with Crippen LogP contribution < -0.4 is 10.6 Å². The van der Waals surface area contributed by atoms with E-state index in [0.717, 1.165) is 42.3 Å². The molecular formula is C18H22FN3OS. The van der Waals surface area contributed by atoms with Crippen LogP contribution >= 0.6 is 11.3 Å². The number of aromatic nitrogens is 1. The van der Waals surface area contributed by atoms with Crippen LogP contribution in [0, 0.1) is 11.7 Å². The highest BCUT2D eigenvalue weighted by Gasteiger charge is 2.14. The lowest BCUT2D eigenvalue weighted by atomic mass is 10.1. The Kier molecular flexibility index (Phi) is 5.93. The summed E-state index contributed by atoms with van der Waals surface area (Å²) in [6, 6.07) is 6.44. The van der Waals surface area contributed by atoms with E-state index in [1.165, 1.54) is 18.6 Å². The number of halogens is 1. The second-order valence-corrected chi connectivity index (χ2v) is 7.15. The summed E-state index contributed by atoms with van der Waals surface area (Å²) in [4.78, 5) is 16.5. The lowest BCUT2D eigenvalue weighted by molar-refractivity contribution is -0.120. The van der Waals surface area contributed by atoms with Crippen LogP contribution in [-0.2, 0) is 17.6 Å². The molecule has 6 heteroatoms. The van der Waals surface area contributed by atoms with Crippen LogP contribution in [0.4, 0.5) is 4.39 Å². The predicted molar refractivity (Wildman–Crippen MR) is 93.6 cm³/mol. The Morgan fingerprint density at radius 3 is 2.96 bits per heavy atom. The standard InChI is InChI=1S/C18H22FN3OS/c19-15-3-1-13(2-4-15)9-18-22-16(12-24-18)10-17(23)21-8-6-14-5-7-20-11-14/h1-4,12,14,20H,5-11H2,(H,21,23). The van der Waals surface area contributed by atoms with Gasteiger partial charge in [-0.2, -0.15) is 0 Å². The molecule has 1 atom stereocenters. The first kappa shape index (κ1) is 17.0. The largest absolute Gasteiger partial charge is 0.356 e. The van der Waals surface area contributed by atoms with Gasteiger partial charge >= 0.3 is 0 Å². The fourth-order valence-electron chi connectivity index (χ4n) is 2.89. The Morgan fingerprint density at radius 2 is 2.21 bits per heavy atom. The van der Waals surface area contributed by atoms with Crippen molar-refractivity contribution >= 4 is 17.2 Å². The molecule has 0 saturated carbocycles. The van der Waals surface area contributed by atoms with Crippen molar-refractivity contribution in [2.45, 2.75) is 25.7 Å². The van der Waals surface area contributed by atoms with Crippen molar-refractivity contribution in [3.05, 3.63) is 51.7 Å². The van der Waals surface area contributed by atoms with Crippen LogP contribution in [0.25, 0.3) is 0 Å². The van der Waals surface area contributed by atoms with Gasteiger partial charge in [-0.25, -0.2) is 9.37 Å². The smallest absolute Gasteiger partial charge is 0.226 e. The summed E-state index contributed by atoms with van der Waals surface area (Å²) in [7, 11) is 0. The molecule has 128 valence electrons. The molecule has 0 radical (unpaired) electrons. The number of amides is 1. The van der Waals surface area contributed by atoms with Crippen molar-refractivity contribution in [2.75, 3.05) is 19.6 Å². The van der Waals surface area contributed by atoms with E-state index in [2.05, 4.69) is 15.6 Å². The van der Waals surface area contributed by atoms with Crippen molar-refractivity contribution in [3.63, 3.8) is 0 Å². The summed E-state index contributed by atoms with van der Waals surface area (Å²) < 4.78 is 12.9. The van der Waals surface area contributed by atoms with E-state index in [1.807, 2.05) is 5.38 Å². The topological polar surface area (TPSA) is 54.0 Å². The first-order valence-corrected chi connectivity index (χ1v) is 9.22. The molecular weight excluding hydrogens is 325 g/mol. The molecule has 3 rings (SSSR count). The summed E-state index contributed by atoms with van der Waals surface area (Å²) in [6.45, 7) is 2.89. The summed E-state index contributed by atoms with van der Waals surface area (Å²) in [5.74, 6) is 0.482. The summed E-state index contributed by atoms with van der Waals surface area (Å²) in [5, 5.41) is 9.19. The molecule has 4 nitrogen and oxygen atoms in total. The molecule has 0 spiro atoms. The zero-order valence-electron chi connectivity index (χ0n) is 13.6. The second-order valence-electron chi connectivity index (χ2n) is 6.21. The van der Waals surface area contributed by atoms with E-state index in [9.17, 15) is 9.18 Å². The molecule has 2 heterocycles. The van der Waals surface area contributed by atoms with Crippen LogP contribution in [0.5, 0.6) is 0 Å². The van der Waals surface area contributed by atoms with Crippen LogP contribution in [0.15, 0.2) is 29.6 Å². The first-order chi connectivity index (χ1) is 11.7. The average Bonchev–Trinajstić information content (AvgIpc) is 3.22. The number of nitrogens with one attached hydrogen (secondary N) is 2. The number of rotatable bonds is 7. The lowest BCUT2D eigenvalue weighted by Gasteiger charge is -2.08. The maximum atomic E-state index is 12.9. The van der Waals surface area contributed by atoms with Crippen LogP contribution in [0.3, 0.4) is 0 Å². The number of benzene rings is 1. The van der Waals surface area contributed by atoms with Crippen LogP contribution in [0.1, 0.15) is 29.1 Å². The van der Waals surface area contributed by atoms with Crippen molar-refractivity contribution in [3.8, 4) is 0 Å². The van der Waals surface area contributed by atoms with Gasteiger partial charge in [0.25, 0.3) is 0 Å². The highest BCUT2D eigenvalue weighted by Crippen LogP contribution is 2.16. The van der Waals surface area contributed by atoms with E-state index >= 15 is 0 Å². The van der Waals surface area contributed by atoms with Gasteiger partial charge in [-0.05, 0) is 49.5 Å². The Bertz CT molecular complexity index is 665. The first-order valence-electron chi connectivity index (χ1n) is 8.34. The maximum Gasteiger partial charge on any atom is 0.226 e. The van der Waals surface area contributed by atoms with Crippen molar-refractivity contribution in [1.82, 2.24) is 15.6 Å². The fraction of sp³-hybridized carbons (Fsp3) is 0.444. The quantitative estimate of drug-likeness (QED) is 0.809. The zero-order chi connectivity index (χ0) is 16.8. The van der Waals surface area contributed by atoms with E-state index in [1.54, 1.807) is 23.5 Å². The van der Waals surface area contributed by atoms with Crippen molar-refractivity contribution in [1.29, 1.82) is 0 Å². The number of hydrogen-bond acceptors (Lipinski definition) is 4. The average molecular weight is 347 g/mol. The third kappa shape index (κ3) is 5.11. The number of carbonyl (C=O) groups is 1. The van der Waals surface area contributed by atoms with E-state index in [4.69, 9.17) is 0 Å². The SMILES string of the molecule is O=C(Cc1csc(Cc2ccc(F)cc2)n1)NCCC1CCNC1. The Morgan fingerprint density at radius 1 is 1.38 bits per heavy atom. The maximum absolute atomic E-state index is 12.9. The predicted octanol–water partition coefficient (Wildman–Crippen LogP) is 2.53. The molecule has 1 aromatic carbocycles. The molecule has 0 bridgehead atoms. The molecule has 24 heavy (non-hydrogen) atoms. The van der Waals surface area contributed by atoms with Gasteiger partial charge in [-0.3, -0.25) is 4.79 Å². The summed E-state index contributed by atoms with van der Waals surface area (Å²) in [5.41, 5.74) is 1.82. The van der Waals surface area contributed by atoms with E-state index in [0.29, 0.717) is 18.8 Å². The third-order valence-corrected chi connectivity index (χ3v) is 5.14. The number of hydrogen-bond donors (Lipinski definition) is 2. The van der Waals surface area contributed by atoms with Crippen molar-refractivity contribution in [2.24, 2.45) is 5.92 Å². The molecule has 1 amide bonds. The molecule has 1 aliphatic rings. The minimum atomic E-state index is -0.233. The van der Waals surface area contributed by atoms with Crippen molar-refractivity contribution < 1.29 is 9.18 Å². The molecule has 1 aromatic heterocycles. The molecule has 1 saturated heterocycles. The van der Waals surface area contributed by atoms with E-state index < -0.39 is 0 Å². The fourth-order valence-corrected chi connectivity index (χ4v) is 3.72. The number of carbonyl (C=O) groups excluding carboxylic acids is 1. The molecule has 1 fully saturated rings. The second kappa shape index (κ2) is 8.35. The van der Waals surface area contributed by atoms with E-state index in [-0.39, 0.29) is 11.7 Å². The molecule has 2 aromatic rings. The summed E-state index contributed by atoms with van der Waals surface area (Å²) in [6.07, 6.45) is 3.23. The molecule has 1 aliphatic heterocycles. The minimum absolute atomic E-state index is 0.0274. The van der Waals surface area contributed by atoms with Gasteiger partial charge in [0.1, 0.15) is 5.82 Å². The van der Waals surface area contributed by atoms with Gasteiger partial charge in [0.15, 0.2) is 0 Å². The number of thiazole rings is 1. The zero-order valence-corrected chi connectivity index (χ0v) is 14.4.